The van der Waals surface area contributed by atoms with Crippen molar-refractivity contribution in [3.63, 3.8) is 0 Å². The Bertz CT molecular complexity index is 1040. The minimum atomic E-state index is -1.36. The largest absolute Gasteiger partial charge is 0.510 e. The molecule has 1 aliphatic rings. The van der Waals surface area contributed by atoms with Gasteiger partial charge >= 0.3 is 0 Å². The van der Waals surface area contributed by atoms with Crippen molar-refractivity contribution in [2.24, 2.45) is 0 Å². The van der Waals surface area contributed by atoms with Crippen molar-refractivity contribution in [3.05, 3.63) is 60.9 Å². The molecular formula is C18H17N5O5. The summed E-state index contributed by atoms with van der Waals surface area (Å²) in [6, 6.07) is 8.62. The Morgan fingerprint density at radius 2 is 1.89 bits per heavy atom. The van der Waals surface area contributed by atoms with Crippen molar-refractivity contribution < 1.29 is 24.9 Å². The summed E-state index contributed by atoms with van der Waals surface area (Å²) in [4.78, 5) is 24.8. The van der Waals surface area contributed by atoms with E-state index in [2.05, 4.69) is 26.8 Å². The lowest BCUT2D eigenvalue weighted by Crippen LogP contribution is -2.32. The smallest absolute Gasteiger partial charge is 0.256 e. The van der Waals surface area contributed by atoms with Gasteiger partial charge in [-0.15, -0.1) is 0 Å². The van der Waals surface area contributed by atoms with E-state index in [-0.39, 0.29) is 22.9 Å². The van der Waals surface area contributed by atoms with Gasteiger partial charge in [0, 0.05) is 5.56 Å². The van der Waals surface area contributed by atoms with Crippen LogP contribution in [0.4, 0.5) is 5.82 Å². The van der Waals surface area contributed by atoms with E-state index in [4.69, 9.17) is 4.74 Å². The first-order valence-corrected chi connectivity index (χ1v) is 8.40. The zero-order valence-electron chi connectivity index (χ0n) is 14.5. The van der Waals surface area contributed by atoms with E-state index >= 15 is 0 Å². The molecule has 4 N–H and O–H groups in total. The number of ether oxygens (including phenoxy) is 1. The number of nitrogens with zero attached hydrogens (tertiary/aromatic N) is 4. The van der Waals surface area contributed by atoms with Crippen molar-refractivity contribution in [1.82, 2.24) is 19.5 Å². The van der Waals surface area contributed by atoms with Crippen LogP contribution < -0.4 is 5.32 Å². The maximum atomic E-state index is 12.4. The summed E-state index contributed by atoms with van der Waals surface area (Å²) in [6.07, 6.45) is -2.32. The highest BCUT2D eigenvalue weighted by Crippen LogP contribution is 2.34. The number of benzene rings is 1. The monoisotopic (exact) mass is 383 g/mol. The molecule has 10 nitrogen and oxygen atoms in total. The number of aromatic nitrogens is 4. The van der Waals surface area contributed by atoms with E-state index in [0.29, 0.717) is 5.56 Å². The number of aliphatic hydroxyl groups is 3. The quantitative estimate of drug-likeness (QED) is 0.484. The van der Waals surface area contributed by atoms with E-state index in [1.807, 2.05) is 0 Å². The highest BCUT2D eigenvalue weighted by molar-refractivity contribution is 6.06. The highest BCUT2D eigenvalue weighted by Gasteiger charge is 2.45. The molecule has 4 rings (SSSR count). The van der Waals surface area contributed by atoms with Crippen LogP contribution in [0.5, 0.6) is 0 Å². The maximum Gasteiger partial charge on any atom is 0.256 e. The molecule has 0 radical (unpaired) electrons. The first kappa shape index (κ1) is 18.0. The molecule has 3 heterocycles. The lowest BCUT2D eigenvalue weighted by Gasteiger charge is -2.16. The first-order chi connectivity index (χ1) is 13.5. The summed E-state index contributed by atoms with van der Waals surface area (Å²) >= 11 is 0. The van der Waals surface area contributed by atoms with Crippen LogP contribution in [0, 0.1) is 0 Å². The number of anilines is 1. The molecule has 0 saturated carbocycles. The molecule has 2 aromatic heterocycles. The number of rotatable bonds is 4. The Morgan fingerprint density at radius 1 is 1.14 bits per heavy atom. The van der Waals surface area contributed by atoms with Crippen molar-refractivity contribution in [2.75, 3.05) is 5.32 Å². The number of carbonyl (C=O) groups excluding carboxylic acids is 1. The number of aliphatic hydroxyl groups excluding tert-OH is 3. The minimum absolute atomic E-state index is 0.189. The van der Waals surface area contributed by atoms with Gasteiger partial charge in [0.15, 0.2) is 23.2 Å². The van der Waals surface area contributed by atoms with E-state index in [9.17, 15) is 20.1 Å². The molecular weight excluding hydrogens is 366 g/mol. The van der Waals surface area contributed by atoms with Crippen molar-refractivity contribution in [1.29, 1.82) is 0 Å². The van der Waals surface area contributed by atoms with Gasteiger partial charge in [-0.2, -0.15) is 0 Å². The Morgan fingerprint density at radius 3 is 2.57 bits per heavy atom. The fourth-order valence-electron chi connectivity index (χ4n) is 3.06. The van der Waals surface area contributed by atoms with Crippen LogP contribution >= 0.6 is 0 Å². The third-order valence-corrected chi connectivity index (χ3v) is 4.47. The second-order valence-corrected chi connectivity index (χ2v) is 6.29. The van der Waals surface area contributed by atoms with Crippen LogP contribution in [0.3, 0.4) is 0 Å². The molecule has 0 unspecified atom stereocenters. The van der Waals surface area contributed by atoms with Gasteiger partial charge in [0.1, 0.15) is 30.4 Å². The van der Waals surface area contributed by atoms with Gasteiger partial charge in [-0.3, -0.25) is 9.36 Å². The molecule has 1 aliphatic heterocycles. The van der Waals surface area contributed by atoms with Crippen LogP contribution in [0.25, 0.3) is 11.2 Å². The Kier molecular flexibility index (Phi) is 4.51. The van der Waals surface area contributed by atoms with Gasteiger partial charge in [-0.1, -0.05) is 24.8 Å². The second kappa shape index (κ2) is 7.00. The molecule has 1 amide bonds. The molecule has 1 fully saturated rings. The number of hydrogen-bond donors (Lipinski definition) is 4. The number of hydrogen-bond acceptors (Lipinski definition) is 8. The average Bonchev–Trinajstić information content (AvgIpc) is 3.25. The molecule has 1 aromatic carbocycles. The molecule has 28 heavy (non-hydrogen) atoms. The van der Waals surface area contributed by atoms with Crippen molar-refractivity contribution >= 4 is 22.9 Å². The Hall–Kier alpha value is -3.34. The van der Waals surface area contributed by atoms with Crippen LogP contribution in [-0.2, 0) is 4.74 Å². The minimum Gasteiger partial charge on any atom is -0.510 e. The van der Waals surface area contributed by atoms with Gasteiger partial charge in [-0.25, -0.2) is 15.0 Å². The predicted octanol–water partition coefficient (Wildman–Crippen LogP) is 0.769. The van der Waals surface area contributed by atoms with E-state index in [1.54, 1.807) is 30.3 Å². The molecule has 4 atom stereocenters. The third kappa shape index (κ3) is 2.99. The third-order valence-electron chi connectivity index (χ3n) is 4.47. The summed E-state index contributed by atoms with van der Waals surface area (Å²) in [5, 5.41) is 32.5. The van der Waals surface area contributed by atoms with Crippen LogP contribution in [0.2, 0.25) is 0 Å². The molecule has 3 aromatic rings. The Labute approximate surface area is 158 Å². The molecule has 1 saturated heterocycles. The van der Waals surface area contributed by atoms with E-state index in [1.165, 1.54) is 17.2 Å². The average molecular weight is 383 g/mol. The molecule has 144 valence electrons. The summed E-state index contributed by atoms with van der Waals surface area (Å²) in [5.74, 6) is -0.572. The summed E-state index contributed by atoms with van der Waals surface area (Å²) in [6.45, 7) is 3.34. The molecule has 10 heteroatoms. The topological polar surface area (TPSA) is 143 Å². The fourth-order valence-corrected chi connectivity index (χ4v) is 3.06. The highest BCUT2D eigenvalue weighted by atomic mass is 16.6. The van der Waals surface area contributed by atoms with Gasteiger partial charge in [0.05, 0.1) is 6.33 Å². The first-order valence-electron chi connectivity index (χ1n) is 8.40. The van der Waals surface area contributed by atoms with Crippen molar-refractivity contribution in [2.45, 2.75) is 24.5 Å². The zero-order chi connectivity index (χ0) is 19.8. The van der Waals surface area contributed by atoms with Crippen LogP contribution in [0.15, 0.2) is 55.3 Å². The summed E-state index contributed by atoms with van der Waals surface area (Å²) in [7, 11) is 0. The SMILES string of the molecule is C=C(O)[C@H]1O[C@@H](n2cnc3c(NC(=O)c4ccccc4)ncnc32)[C@H](O)[C@@H]1O. The van der Waals surface area contributed by atoms with Crippen LogP contribution in [0.1, 0.15) is 16.6 Å². The lowest BCUT2D eigenvalue weighted by atomic mass is 10.1. The van der Waals surface area contributed by atoms with Gasteiger partial charge in [0.2, 0.25) is 0 Å². The van der Waals surface area contributed by atoms with E-state index in [0.717, 1.165) is 0 Å². The summed E-state index contributed by atoms with van der Waals surface area (Å²) in [5.41, 5.74) is 1.01. The van der Waals surface area contributed by atoms with Gasteiger partial charge < -0.3 is 25.4 Å². The Balaban J connectivity index is 1.66. The number of amides is 1. The number of fused-ring (bicyclic) bond motifs is 1. The molecule has 0 bridgehead atoms. The second-order valence-electron chi connectivity index (χ2n) is 6.29. The molecule has 0 spiro atoms. The van der Waals surface area contributed by atoms with Crippen LogP contribution in [-0.4, -0.2) is 59.1 Å². The summed E-state index contributed by atoms with van der Waals surface area (Å²) < 4.78 is 6.91. The van der Waals surface area contributed by atoms with E-state index < -0.39 is 30.3 Å². The van der Waals surface area contributed by atoms with Gasteiger partial charge in [-0.05, 0) is 12.1 Å². The van der Waals surface area contributed by atoms with Crippen molar-refractivity contribution in [3.8, 4) is 0 Å². The predicted molar refractivity (Wildman–Crippen MR) is 97.4 cm³/mol. The zero-order valence-corrected chi connectivity index (χ0v) is 14.5. The number of imidazole rings is 1. The number of carbonyl (C=O) groups is 1. The van der Waals surface area contributed by atoms with Gasteiger partial charge in [0.25, 0.3) is 5.91 Å². The normalized spacial score (nSPS) is 24.4. The standard InChI is InChI=1S/C18H17N5O5/c1-9(24)14-12(25)13(26)18(28-14)23-8-21-11-15(19-7-20-16(11)23)22-17(27)10-5-3-2-4-6-10/h2-8,12-14,18,24-26H,1H2,(H,19,20,22,27)/t12-,13+,14+,18+/m0/s1. The lowest BCUT2D eigenvalue weighted by molar-refractivity contribution is -0.0338. The molecule has 0 aliphatic carbocycles. The maximum absolute atomic E-state index is 12.4. The number of nitrogens with one attached hydrogen (secondary N) is 1. The fraction of sp³-hybridized carbons (Fsp3) is 0.222.